The molecule has 0 spiro atoms. The number of halogens is 1. The summed E-state index contributed by atoms with van der Waals surface area (Å²) in [5.41, 5.74) is 0.443. The van der Waals surface area contributed by atoms with Gasteiger partial charge in [-0.05, 0) is 25.5 Å². The van der Waals surface area contributed by atoms with Gasteiger partial charge in [0.15, 0.2) is 0 Å². The zero-order valence-electron chi connectivity index (χ0n) is 13.7. The summed E-state index contributed by atoms with van der Waals surface area (Å²) < 4.78 is 2.05. The van der Waals surface area contributed by atoms with Gasteiger partial charge in [0.05, 0.1) is 11.6 Å². The van der Waals surface area contributed by atoms with Gasteiger partial charge in [-0.3, -0.25) is 9.69 Å². The number of rotatable bonds is 4. The quantitative estimate of drug-likeness (QED) is 0.841. The van der Waals surface area contributed by atoms with Crippen molar-refractivity contribution in [3.63, 3.8) is 0 Å². The molecule has 0 bridgehead atoms. The van der Waals surface area contributed by atoms with Crippen LogP contribution >= 0.6 is 11.6 Å². The second-order valence-electron chi connectivity index (χ2n) is 5.82. The van der Waals surface area contributed by atoms with Gasteiger partial charge < -0.3 is 9.47 Å². The fourth-order valence-corrected chi connectivity index (χ4v) is 2.97. The molecule has 1 aliphatic heterocycles. The lowest BCUT2D eigenvalue weighted by atomic mass is 10.3. The highest BCUT2D eigenvalue weighted by Gasteiger charge is 2.22. The predicted molar refractivity (Wildman–Crippen MR) is 90.7 cm³/mol. The Labute approximate surface area is 146 Å². The Bertz CT molecular complexity index is 686. The third-order valence-corrected chi connectivity index (χ3v) is 4.45. The summed E-state index contributed by atoms with van der Waals surface area (Å²) >= 11 is 5.83. The molecule has 0 saturated carbocycles. The van der Waals surface area contributed by atoms with E-state index in [1.807, 2.05) is 9.47 Å². The Kier molecular flexibility index (Phi) is 5.42. The average Bonchev–Trinajstić information content (AvgIpc) is 2.91. The van der Waals surface area contributed by atoms with Crippen LogP contribution in [0, 0.1) is 0 Å². The van der Waals surface area contributed by atoms with Gasteiger partial charge in [-0.15, -0.1) is 10.2 Å². The van der Waals surface area contributed by atoms with E-state index >= 15 is 0 Å². The molecule has 0 aliphatic carbocycles. The van der Waals surface area contributed by atoms with Crippen LogP contribution in [0.3, 0.4) is 0 Å². The smallest absolute Gasteiger partial charge is 0.272 e. The number of hydrogen-bond donors (Lipinski definition) is 0. The minimum absolute atomic E-state index is 0.0368. The molecule has 0 radical (unpaired) electrons. The lowest BCUT2D eigenvalue weighted by Gasteiger charge is -2.21. The standard InChI is InChI=1S/C16H21ClN6O/c1-2-22-12-19-20-15(22)11-21-6-3-7-23(9-8-21)16(24)14-5-4-13(17)10-18-14/h4-5,10,12H,2-3,6-9,11H2,1H3. The molecule has 7 nitrogen and oxygen atoms in total. The summed E-state index contributed by atoms with van der Waals surface area (Å²) in [5.74, 6) is 0.932. The van der Waals surface area contributed by atoms with Gasteiger partial charge in [0.1, 0.15) is 17.8 Å². The zero-order valence-corrected chi connectivity index (χ0v) is 14.5. The Morgan fingerprint density at radius 2 is 2.12 bits per heavy atom. The van der Waals surface area contributed by atoms with Crippen molar-refractivity contribution in [3.8, 4) is 0 Å². The Morgan fingerprint density at radius 3 is 2.88 bits per heavy atom. The molecule has 24 heavy (non-hydrogen) atoms. The molecule has 3 heterocycles. The summed E-state index contributed by atoms with van der Waals surface area (Å²) in [6, 6.07) is 3.38. The number of hydrogen-bond acceptors (Lipinski definition) is 5. The molecule has 1 amide bonds. The van der Waals surface area contributed by atoms with Crippen LogP contribution in [0.15, 0.2) is 24.7 Å². The van der Waals surface area contributed by atoms with Crippen LogP contribution in [-0.4, -0.2) is 61.6 Å². The second kappa shape index (κ2) is 7.72. The van der Waals surface area contributed by atoms with Gasteiger partial charge in [-0.1, -0.05) is 11.6 Å². The number of aromatic nitrogens is 4. The van der Waals surface area contributed by atoms with Crippen LogP contribution < -0.4 is 0 Å². The van der Waals surface area contributed by atoms with Gasteiger partial charge in [-0.25, -0.2) is 4.98 Å². The topological polar surface area (TPSA) is 67.2 Å². The van der Waals surface area contributed by atoms with Gasteiger partial charge >= 0.3 is 0 Å². The maximum atomic E-state index is 12.6. The monoisotopic (exact) mass is 348 g/mol. The number of aryl methyl sites for hydroxylation is 1. The highest BCUT2D eigenvalue weighted by atomic mass is 35.5. The zero-order chi connectivity index (χ0) is 16.9. The van der Waals surface area contributed by atoms with Crippen molar-refractivity contribution in [2.75, 3.05) is 26.2 Å². The first kappa shape index (κ1) is 16.9. The summed E-state index contributed by atoms with van der Waals surface area (Å²) in [6.45, 7) is 6.88. The van der Waals surface area contributed by atoms with Crippen LogP contribution in [-0.2, 0) is 13.1 Å². The lowest BCUT2D eigenvalue weighted by molar-refractivity contribution is 0.0755. The first-order valence-corrected chi connectivity index (χ1v) is 8.55. The molecule has 0 N–H and O–H groups in total. The molecule has 128 valence electrons. The third kappa shape index (κ3) is 3.91. The average molecular weight is 349 g/mol. The summed E-state index contributed by atoms with van der Waals surface area (Å²) in [4.78, 5) is 20.9. The largest absolute Gasteiger partial charge is 0.336 e. The third-order valence-electron chi connectivity index (χ3n) is 4.22. The highest BCUT2D eigenvalue weighted by Crippen LogP contribution is 2.12. The molecular weight excluding hydrogens is 328 g/mol. The Balaban J connectivity index is 1.60. The number of nitrogens with zero attached hydrogens (tertiary/aromatic N) is 6. The lowest BCUT2D eigenvalue weighted by Crippen LogP contribution is -2.35. The van der Waals surface area contributed by atoms with Gasteiger partial charge in [0, 0.05) is 38.9 Å². The van der Waals surface area contributed by atoms with Crippen molar-refractivity contribution in [3.05, 3.63) is 41.2 Å². The predicted octanol–water partition coefficient (Wildman–Crippen LogP) is 1.69. The molecule has 2 aromatic rings. The maximum absolute atomic E-state index is 12.6. The molecule has 1 saturated heterocycles. The molecule has 2 aromatic heterocycles. The first-order chi connectivity index (χ1) is 11.7. The molecule has 0 atom stereocenters. The van der Waals surface area contributed by atoms with Gasteiger partial charge in [0.25, 0.3) is 5.91 Å². The highest BCUT2D eigenvalue weighted by molar-refractivity contribution is 6.30. The van der Waals surface area contributed by atoms with E-state index in [1.165, 1.54) is 6.20 Å². The van der Waals surface area contributed by atoms with Crippen LogP contribution in [0.2, 0.25) is 5.02 Å². The maximum Gasteiger partial charge on any atom is 0.272 e. The molecule has 0 unspecified atom stereocenters. The summed E-state index contributed by atoms with van der Waals surface area (Å²) in [5, 5.41) is 8.70. The van der Waals surface area contributed by atoms with E-state index in [9.17, 15) is 4.79 Å². The Morgan fingerprint density at radius 1 is 1.25 bits per heavy atom. The summed E-state index contributed by atoms with van der Waals surface area (Å²) in [7, 11) is 0. The van der Waals surface area contributed by atoms with Crippen LogP contribution in [0.1, 0.15) is 29.7 Å². The molecule has 1 aliphatic rings. The van der Waals surface area contributed by atoms with E-state index in [0.717, 1.165) is 45.0 Å². The van der Waals surface area contributed by atoms with Crippen LogP contribution in [0.5, 0.6) is 0 Å². The normalized spacial score (nSPS) is 16.2. The fourth-order valence-electron chi connectivity index (χ4n) is 2.86. The van der Waals surface area contributed by atoms with E-state index in [0.29, 0.717) is 17.3 Å². The van der Waals surface area contributed by atoms with E-state index in [1.54, 1.807) is 18.5 Å². The van der Waals surface area contributed by atoms with Crippen molar-refractivity contribution in [2.24, 2.45) is 0 Å². The Hall–Kier alpha value is -1.99. The van der Waals surface area contributed by atoms with Crippen molar-refractivity contribution in [1.82, 2.24) is 29.5 Å². The van der Waals surface area contributed by atoms with E-state index in [2.05, 4.69) is 27.0 Å². The number of pyridine rings is 1. The molecule has 3 rings (SSSR count). The van der Waals surface area contributed by atoms with Crippen LogP contribution in [0.4, 0.5) is 0 Å². The first-order valence-electron chi connectivity index (χ1n) is 8.17. The van der Waals surface area contributed by atoms with Crippen LogP contribution in [0.25, 0.3) is 0 Å². The van der Waals surface area contributed by atoms with Gasteiger partial charge in [-0.2, -0.15) is 0 Å². The SMILES string of the molecule is CCn1cnnc1CN1CCCN(C(=O)c2ccc(Cl)cn2)CC1. The van der Waals surface area contributed by atoms with E-state index < -0.39 is 0 Å². The van der Waals surface area contributed by atoms with Crippen molar-refractivity contribution in [2.45, 2.75) is 26.4 Å². The fraction of sp³-hybridized carbons (Fsp3) is 0.500. The minimum Gasteiger partial charge on any atom is -0.336 e. The molecule has 1 fully saturated rings. The van der Waals surface area contributed by atoms with Crippen molar-refractivity contribution >= 4 is 17.5 Å². The number of carbonyl (C=O) groups is 1. The van der Waals surface area contributed by atoms with Crippen molar-refractivity contribution < 1.29 is 4.79 Å². The van der Waals surface area contributed by atoms with E-state index in [4.69, 9.17) is 11.6 Å². The molecule has 0 aromatic carbocycles. The summed E-state index contributed by atoms with van der Waals surface area (Å²) in [6.07, 6.45) is 4.20. The van der Waals surface area contributed by atoms with Gasteiger partial charge in [0.2, 0.25) is 0 Å². The van der Waals surface area contributed by atoms with Crippen molar-refractivity contribution in [1.29, 1.82) is 0 Å². The number of amides is 1. The minimum atomic E-state index is -0.0368. The molecule has 8 heteroatoms. The van der Waals surface area contributed by atoms with E-state index in [-0.39, 0.29) is 5.91 Å². The molecular formula is C16H21ClN6O. The second-order valence-corrected chi connectivity index (χ2v) is 6.25. The number of carbonyl (C=O) groups excluding carboxylic acids is 1.